The molecule has 2 atom stereocenters. The molecule has 1 aromatic carbocycles. The summed E-state index contributed by atoms with van der Waals surface area (Å²) in [6, 6.07) is 3.53. The van der Waals surface area contributed by atoms with Gasteiger partial charge in [0.15, 0.2) is 0 Å². The predicted molar refractivity (Wildman–Crippen MR) is 115 cm³/mol. The molecule has 1 N–H and O–H groups in total. The van der Waals surface area contributed by atoms with Gasteiger partial charge in [0.25, 0.3) is 0 Å². The van der Waals surface area contributed by atoms with E-state index in [1.165, 1.54) is 35.6 Å². The highest BCUT2D eigenvalue weighted by molar-refractivity contribution is 7.74. The zero-order valence-electron chi connectivity index (χ0n) is 18.0. The van der Waals surface area contributed by atoms with Crippen molar-refractivity contribution in [3.63, 3.8) is 0 Å². The summed E-state index contributed by atoms with van der Waals surface area (Å²) in [5.74, 6) is -1.61. The Hall–Kier alpha value is -2.79. The smallest absolute Gasteiger partial charge is 0.325 e. The minimum Gasteiger partial charge on any atom is -0.740 e. The highest BCUT2D eigenvalue weighted by atomic mass is 32.2. The number of imide groups is 1. The molecule has 2 rings (SSSR count). The number of unbranched alkanes of at least 4 members (excludes halogenated alkanes) is 5. The molecular formula is C21H28N3O7S-. The molecule has 0 bridgehead atoms. The Morgan fingerprint density at radius 2 is 1.78 bits per heavy atom. The second-order valence-corrected chi connectivity index (χ2v) is 8.01. The maximum Gasteiger partial charge on any atom is 0.325 e. The van der Waals surface area contributed by atoms with Crippen LogP contribution in [0.2, 0.25) is 0 Å². The van der Waals surface area contributed by atoms with Crippen molar-refractivity contribution in [3.05, 3.63) is 29.8 Å². The number of aldehydes is 1. The minimum absolute atomic E-state index is 0.0416. The molecule has 1 aliphatic rings. The second-order valence-electron chi connectivity index (χ2n) is 7.44. The van der Waals surface area contributed by atoms with Gasteiger partial charge in [-0.15, -0.1) is 0 Å². The first-order chi connectivity index (χ1) is 15.4. The van der Waals surface area contributed by atoms with Gasteiger partial charge in [-0.3, -0.25) is 14.5 Å². The molecule has 1 fully saturated rings. The highest BCUT2D eigenvalue weighted by Crippen LogP contribution is 2.18. The number of hydrogen-bond acceptors (Lipinski definition) is 7. The highest BCUT2D eigenvalue weighted by Gasteiger charge is 2.36. The van der Waals surface area contributed by atoms with Crippen molar-refractivity contribution < 1.29 is 32.1 Å². The first-order valence-electron chi connectivity index (χ1n) is 10.6. The number of nitrogens with one attached hydrogen (secondary N) is 1. The van der Waals surface area contributed by atoms with Gasteiger partial charge in [0.05, 0.1) is 0 Å². The van der Waals surface area contributed by atoms with E-state index in [1.807, 2.05) is 0 Å². The van der Waals surface area contributed by atoms with Crippen LogP contribution in [-0.2, 0) is 25.7 Å². The topological polar surface area (TPSA) is 136 Å². The van der Waals surface area contributed by atoms with Crippen LogP contribution in [0.3, 0.4) is 0 Å². The van der Waals surface area contributed by atoms with Gasteiger partial charge in [0.1, 0.15) is 29.4 Å². The van der Waals surface area contributed by atoms with E-state index in [2.05, 4.69) is 16.4 Å². The minimum atomic E-state index is -2.73. The van der Waals surface area contributed by atoms with Crippen molar-refractivity contribution in [2.24, 2.45) is 0 Å². The molecule has 0 aromatic heterocycles. The number of piperazine rings is 1. The van der Waals surface area contributed by atoms with Crippen molar-refractivity contribution in [1.29, 1.82) is 0 Å². The summed E-state index contributed by atoms with van der Waals surface area (Å²) in [5.41, 5.74) is 0.359. The van der Waals surface area contributed by atoms with Gasteiger partial charge in [-0.2, -0.15) is 0 Å². The van der Waals surface area contributed by atoms with E-state index in [4.69, 9.17) is 0 Å². The molecule has 0 saturated carbocycles. The molecular weight excluding hydrogens is 438 g/mol. The largest absolute Gasteiger partial charge is 0.740 e. The summed E-state index contributed by atoms with van der Waals surface area (Å²) in [6.07, 6.45) is 6.85. The molecule has 176 valence electrons. The summed E-state index contributed by atoms with van der Waals surface area (Å²) in [6.45, 7) is 2.91. The lowest BCUT2D eigenvalue weighted by molar-refractivity contribution is -0.153. The first-order valence-corrected chi connectivity index (χ1v) is 11.6. The lowest BCUT2D eigenvalue weighted by Crippen LogP contribution is -2.58. The van der Waals surface area contributed by atoms with Crippen LogP contribution in [0.5, 0.6) is 5.75 Å². The van der Waals surface area contributed by atoms with Gasteiger partial charge in [-0.05, 0) is 24.1 Å². The van der Waals surface area contributed by atoms with E-state index < -0.39 is 35.2 Å². The van der Waals surface area contributed by atoms with Gasteiger partial charge in [0.2, 0.25) is 0 Å². The van der Waals surface area contributed by atoms with Gasteiger partial charge in [0, 0.05) is 19.6 Å². The van der Waals surface area contributed by atoms with E-state index in [9.17, 15) is 27.9 Å². The number of urea groups is 1. The molecule has 4 amide bonds. The monoisotopic (exact) mass is 466 g/mol. The summed E-state index contributed by atoms with van der Waals surface area (Å²) >= 11 is -2.73. The summed E-state index contributed by atoms with van der Waals surface area (Å²) in [5, 5.41) is 2.42. The molecule has 1 saturated heterocycles. The van der Waals surface area contributed by atoms with Crippen LogP contribution in [0.15, 0.2) is 24.3 Å². The summed E-state index contributed by atoms with van der Waals surface area (Å²) in [4.78, 5) is 51.1. The van der Waals surface area contributed by atoms with Crippen molar-refractivity contribution in [2.75, 3.05) is 19.6 Å². The summed E-state index contributed by atoms with van der Waals surface area (Å²) in [7, 11) is 0. The Morgan fingerprint density at radius 1 is 1.12 bits per heavy atom. The maximum absolute atomic E-state index is 12.5. The van der Waals surface area contributed by atoms with Gasteiger partial charge in [-0.1, -0.05) is 51.2 Å². The average molecular weight is 467 g/mol. The van der Waals surface area contributed by atoms with Crippen LogP contribution >= 0.6 is 0 Å². The molecule has 0 aliphatic carbocycles. The Morgan fingerprint density at radius 3 is 2.41 bits per heavy atom. The fourth-order valence-corrected chi connectivity index (χ4v) is 3.65. The third-order valence-corrected chi connectivity index (χ3v) is 5.48. The van der Waals surface area contributed by atoms with E-state index >= 15 is 0 Å². The molecule has 1 aromatic rings. The molecule has 2 unspecified atom stereocenters. The number of rotatable bonds is 12. The number of nitrogens with zero attached hydrogens (tertiary/aromatic N) is 2. The lowest BCUT2D eigenvalue weighted by Gasteiger charge is -2.33. The Kier molecular flexibility index (Phi) is 10.3. The number of carbonyl (C=O) groups is 4. The standard InChI is InChI=1S/C21H29N3O7S/c1-2-3-4-5-6-7-12-23-13-14-24(20(27)19(23)26)21(28)22-18(15-25)16-8-10-17(11-9-16)31-32(29)30/h8-11,15,18H,2-7,12-14H2,1H3,(H,22,28)(H,29,30)/p-1. The van der Waals surface area contributed by atoms with Crippen LogP contribution in [0.4, 0.5) is 4.79 Å². The van der Waals surface area contributed by atoms with E-state index in [0.29, 0.717) is 18.4 Å². The van der Waals surface area contributed by atoms with Crippen LogP contribution < -0.4 is 9.50 Å². The molecule has 10 nitrogen and oxygen atoms in total. The van der Waals surface area contributed by atoms with E-state index in [0.717, 1.165) is 37.0 Å². The summed E-state index contributed by atoms with van der Waals surface area (Å²) < 4.78 is 25.6. The van der Waals surface area contributed by atoms with Crippen molar-refractivity contribution in [1.82, 2.24) is 15.1 Å². The lowest BCUT2D eigenvalue weighted by atomic mass is 10.1. The quantitative estimate of drug-likeness (QED) is 0.215. The third kappa shape index (κ3) is 7.41. The van der Waals surface area contributed by atoms with Gasteiger partial charge < -0.3 is 23.7 Å². The van der Waals surface area contributed by atoms with E-state index in [1.54, 1.807) is 0 Å². The second kappa shape index (κ2) is 12.9. The molecule has 0 spiro atoms. The molecule has 0 radical (unpaired) electrons. The maximum atomic E-state index is 12.5. The fourth-order valence-electron chi connectivity index (χ4n) is 3.38. The zero-order valence-corrected chi connectivity index (χ0v) is 18.8. The molecule has 32 heavy (non-hydrogen) atoms. The van der Waals surface area contributed by atoms with Crippen LogP contribution in [-0.4, -0.2) is 62.3 Å². The third-order valence-electron chi connectivity index (χ3n) is 5.15. The SMILES string of the molecule is CCCCCCCCN1CCN(C(=O)NC(C=O)c2ccc(OS(=O)[O-])cc2)C(=O)C1=O. The van der Waals surface area contributed by atoms with Crippen LogP contribution in [0, 0.1) is 0 Å². The predicted octanol–water partition coefficient (Wildman–Crippen LogP) is 1.84. The molecule has 11 heteroatoms. The van der Waals surface area contributed by atoms with Gasteiger partial charge >= 0.3 is 17.8 Å². The number of benzene rings is 1. The number of amides is 4. The van der Waals surface area contributed by atoms with Gasteiger partial charge in [-0.25, -0.2) is 9.00 Å². The fraction of sp³-hybridized carbons (Fsp3) is 0.524. The van der Waals surface area contributed by atoms with Crippen LogP contribution in [0.1, 0.15) is 57.1 Å². The van der Waals surface area contributed by atoms with E-state index in [-0.39, 0.29) is 18.8 Å². The number of carbonyl (C=O) groups excluding carboxylic acids is 4. The zero-order chi connectivity index (χ0) is 23.5. The Labute approximate surface area is 189 Å². The average Bonchev–Trinajstić information content (AvgIpc) is 2.77. The Bertz CT molecular complexity index is 831. The first kappa shape index (κ1) is 25.5. The van der Waals surface area contributed by atoms with Crippen molar-refractivity contribution in [2.45, 2.75) is 51.5 Å². The Balaban J connectivity index is 1.88. The van der Waals surface area contributed by atoms with Crippen molar-refractivity contribution in [3.8, 4) is 5.75 Å². The molecule has 1 heterocycles. The molecule has 1 aliphatic heterocycles. The van der Waals surface area contributed by atoms with Crippen molar-refractivity contribution >= 4 is 35.5 Å². The number of hydrogen-bond donors (Lipinski definition) is 1. The van der Waals surface area contributed by atoms with Crippen LogP contribution in [0.25, 0.3) is 0 Å². The normalized spacial score (nSPS) is 15.9.